The molecule has 2 heterocycles. The van der Waals surface area contributed by atoms with Gasteiger partial charge in [0.15, 0.2) is 0 Å². The van der Waals surface area contributed by atoms with Gasteiger partial charge >= 0.3 is 0 Å². The van der Waals surface area contributed by atoms with Crippen molar-refractivity contribution in [2.45, 2.75) is 6.92 Å². The van der Waals surface area contributed by atoms with Crippen LogP contribution < -0.4 is 5.73 Å². The monoisotopic (exact) mass is 147 g/mol. The highest BCUT2D eigenvalue weighted by Gasteiger charge is 2.01. The molecule has 2 aromatic rings. The molecule has 0 unspecified atom stereocenters. The van der Waals surface area contributed by atoms with Crippen LogP contribution in [0.25, 0.3) is 11.0 Å². The zero-order valence-electron chi connectivity index (χ0n) is 6.26. The fourth-order valence-corrected chi connectivity index (χ4v) is 1.18. The topological polar surface area (TPSA) is 54.7 Å². The number of rotatable bonds is 0. The molecule has 0 radical (unpaired) electrons. The van der Waals surface area contributed by atoms with Crippen molar-refractivity contribution in [3.05, 3.63) is 24.0 Å². The van der Waals surface area contributed by atoms with E-state index in [4.69, 9.17) is 5.73 Å². The van der Waals surface area contributed by atoms with Crippen molar-refractivity contribution in [1.82, 2.24) is 9.97 Å². The number of aromatic nitrogens is 2. The summed E-state index contributed by atoms with van der Waals surface area (Å²) in [5.74, 6) is 0. The maximum Gasteiger partial charge on any atom is 0.111 e. The Hall–Kier alpha value is -1.51. The van der Waals surface area contributed by atoms with E-state index in [9.17, 15) is 0 Å². The summed E-state index contributed by atoms with van der Waals surface area (Å²) >= 11 is 0. The number of fused-ring (bicyclic) bond motifs is 1. The van der Waals surface area contributed by atoms with Gasteiger partial charge in [-0.2, -0.15) is 0 Å². The van der Waals surface area contributed by atoms with Crippen LogP contribution in [0.1, 0.15) is 5.56 Å². The number of nitrogens with zero attached hydrogens (tertiary/aromatic N) is 1. The van der Waals surface area contributed by atoms with Crippen LogP contribution in [0.15, 0.2) is 18.5 Å². The summed E-state index contributed by atoms with van der Waals surface area (Å²) < 4.78 is 0. The van der Waals surface area contributed by atoms with E-state index in [1.807, 2.05) is 13.0 Å². The summed E-state index contributed by atoms with van der Waals surface area (Å²) in [5.41, 5.74) is 9.43. The summed E-state index contributed by atoms with van der Waals surface area (Å²) in [7, 11) is 0. The van der Waals surface area contributed by atoms with E-state index in [0.717, 1.165) is 11.0 Å². The number of nitrogens with one attached hydrogen (secondary N) is 1. The van der Waals surface area contributed by atoms with Gasteiger partial charge in [-0.25, -0.2) is 0 Å². The molecule has 0 saturated heterocycles. The van der Waals surface area contributed by atoms with Crippen molar-refractivity contribution in [3.8, 4) is 0 Å². The van der Waals surface area contributed by atoms with E-state index >= 15 is 0 Å². The van der Waals surface area contributed by atoms with E-state index in [-0.39, 0.29) is 0 Å². The standard InChI is InChI=1S/C8H9N3/c1-5-2-3-10-8-6(9)4-11-7(5)8/h2-4,11H,9H2,1H3. The summed E-state index contributed by atoms with van der Waals surface area (Å²) in [5, 5.41) is 0. The summed E-state index contributed by atoms with van der Waals surface area (Å²) in [4.78, 5) is 7.21. The molecule has 0 saturated carbocycles. The van der Waals surface area contributed by atoms with Crippen molar-refractivity contribution >= 4 is 16.7 Å². The lowest BCUT2D eigenvalue weighted by Crippen LogP contribution is -1.83. The van der Waals surface area contributed by atoms with Gasteiger partial charge in [-0.15, -0.1) is 0 Å². The van der Waals surface area contributed by atoms with Gasteiger partial charge in [-0.1, -0.05) is 0 Å². The van der Waals surface area contributed by atoms with Crippen LogP contribution in [0.2, 0.25) is 0 Å². The lowest BCUT2D eigenvalue weighted by molar-refractivity contribution is 1.35. The van der Waals surface area contributed by atoms with Crippen LogP contribution in [0.3, 0.4) is 0 Å². The first kappa shape index (κ1) is 6.22. The molecule has 3 heteroatoms. The Morgan fingerprint density at radius 2 is 2.36 bits per heavy atom. The maximum absolute atomic E-state index is 5.65. The predicted octanol–water partition coefficient (Wildman–Crippen LogP) is 1.45. The van der Waals surface area contributed by atoms with Crippen LogP contribution in [0.4, 0.5) is 5.69 Å². The molecule has 0 aliphatic rings. The maximum atomic E-state index is 5.65. The SMILES string of the molecule is Cc1ccnc2c(N)c[nH]c12. The lowest BCUT2D eigenvalue weighted by atomic mass is 10.2. The van der Waals surface area contributed by atoms with Gasteiger partial charge in [-0.05, 0) is 18.6 Å². The Labute approximate surface area is 64.2 Å². The van der Waals surface area contributed by atoms with Gasteiger partial charge < -0.3 is 10.7 Å². The van der Waals surface area contributed by atoms with Gasteiger partial charge in [0, 0.05) is 12.4 Å². The van der Waals surface area contributed by atoms with Gasteiger partial charge in [0.05, 0.1) is 11.2 Å². The minimum atomic E-state index is 0.712. The Balaban J connectivity index is 2.94. The normalized spacial score (nSPS) is 10.6. The smallest absolute Gasteiger partial charge is 0.111 e. The number of hydrogen-bond donors (Lipinski definition) is 2. The molecule has 0 aromatic carbocycles. The van der Waals surface area contributed by atoms with Crippen molar-refractivity contribution in [2.75, 3.05) is 5.73 Å². The van der Waals surface area contributed by atoms with E-state index in [2.05, 4.69) is 9.97 Å². The molecule has 0 spiro atoms. The van der Waals surface area contributed by atoms with Gasteiger partial charge in [0.1, 0.15) is 5.52 Å². The highest BCUT2D eigenvalue weighted by atomic mass is 14.8. The van der Waals surface area contributed by atoms with E-state index < -0.39 is 0 Å². The van der Waals surface area contributed by atoms with E-state index in [1.54, 1.807) is 12.4 Å². The van der Waals surface area contributed by atoms with Gasteiger partial charge in [-0.3, -0.25) is 4.98 Å². The molecule has 2 rings (SSSR count). The molecule has 3 nitrogen and oxygen atoms in total. The number of nitrogen functional groups attached to an aromatic ring is 1. The average molecular weight is 147 g/mol. The minimum absolute atomic E-state index is 0.712. The number of anilines is 1. The highest BCUT2D eigenvalue weighted by Crippen LogP contribution is 2.19. The molecule has 2 aromatic heterocycles. The fourth-order valence-electron chi connectivity index (χ4n) is 1.18. The third-order valence-electron chi connectivity index (χ3n) is 1.80. The zero-order chi connectivity index (χ0) is 7.84. The summed E-state index contributed by atoms with van der Waals surface area (Å²) in [6.07, 6.45) is 3.53. The first-order chi connectivity index (χ1) is 5.29. The summed E-state index contributed by atoms with van der Waals surface area (Å²) in [6.45, 7) is 2.03. The van der Waals surface area contributed by atoms with Crippen LogP contribution in [0.5, 0.6) is 0 Å². The van der Waals surface area contributed by atoms with E-state index in [0.29, 0.717) is 5.69 Å². The molecule has 0 amide bonds. The van der Waals surface area contributed by atoms with Crippen molar-refractivity contribution in [1.29, 1.82) is 0 Å². The molecule has 0 fully saturated rings. The van der Waals surface area contributed by atoms with Crippen molar-refractivity contribution < 1.29 is 0 Å². The number of aryl methyl sites for hydroxylation is 1. The Morgan fingerprint density at radius 1 is 1.55 bits per heavy atom. The van der Waals surface area contributed by atoms with Crippen LogP contribution in [-0.2, 0) is 0 Å². The molecule has 0 aliphatic heterocycles. The van der Waals surface area contributed by atoms with Crippen LogP contribution in [0, 0.1) is 6.92 Å². The second-order valence-electron chi connectivity index (χ2n) is 2.60. The molecular weight excluding hydrogens is 138 g/mol. The van der Waals surface area contributed by atoms with Crippen molar-refractivity contribution in [2.24, 2.45) is 0 Å². The van der Waals surface area contributed by atoms with E-state index in [1.165, 1.54) is 5.56 Å². The lowest BCUT2D eigenvalue weighted by Gasteiger charge is -1.93. The first-order valence-corrected chi connectivity index (χ1v) is 3.47. The molecule has 11 heavy (non-hydrogen) atoms. The molecule has 0 atom stereocenters. The summed E-state index contributed by atoms with van der Waals surface area (Å²) in [6, 6.07) is 1.96. The predicted molar refractivity (Wildman–Crippen MR) is 45.2 cm³/mol. The number of aromatic amines is 1. The molecule has 0 bridgehead atoms. The average Bonchev–Trinajstić information content (AvgIpc) is 2.35. The first-order valence-electron chi connectivity index (χ1n) is 3.47. The molecular formula is C8H9N3. The van der Waals surface area contributed by atoms with Gasteiger partial charge in [0.25, 0.3) is 0 Å². The number of nitrogens with two attached hydrogens (primary N) is 1. The Bertz CT molecular complexity index is 389. The third kappa shape index (κ3) is 0.774. The van der Waals surface area contributed by atoms with Crippen molar-refractivity contribution in [3.63, 3.8) is 0 Å². The minimum Gasteiger partial charge on any atom is -0.396 e. The third-order valence-corrected chi connectivity index (χ3v) is 1.80. The molecule has 56 valence electrons. The van der Waals surface area contributed by atoms with Gasteiger partial charge in [0.2, 0.25) is 0 Å². The Morgan fingerprint density at radius 3 is 3.09 bits per heavy atom. The Kier molecular flexibility index (Phi) is 1.12. The number of H-pyrrole nitrogens is 1. The number of pyridine rings is 1. The second kappa shape index (κ2) is 1.99. The largest absolute Gasteiger partial charge is 0.396 e. The number of hydrogen-bond acceptors (Lipinski definition) is 2. The quantitative estimate of drug-likeness (QED) is 0.592. The second-order valence-corrected chi connectivity index (χ2v) is 2.60. The van der Waals surface area contributed by atoms with Crippen LogP contribution >= 0.6 is 0 Å². The highest BCUT2D eigenvalue weighted by molar-refractivity contribution is 5.89. The molecule has 0 aliphatic carbocycles. The zero-order valence-corrected chi connectivity index (χ0v) is 6.26. The van der Waals surface area contributed by atoms with Crippen LogP contribution in [-0.4, -0.2) is 9.97 Å². The fraction of sp³-hybridized carbons (Fsp3) is 0.125. The molecule has 3 N–H and O–H groups in total.